The molecule has 0 saturated heterocycles. The van der Waals surface area contributed by atoms with E-state index in [1.807, 2.05) is 18.2 Å². The zero-order valence-electron chi connectivity index (χ0n) is 12.0. The summed E-state index contributed by atoms with van der Waals surface area (Å²) in [6, 6.07) is 8.19. The Bertz CT molecular complexity index is 561. The van der Waals surface area contributed by atoms with Crippen LogP contribution < -0.4 is 5.32 Å². The van der Waals surface area contributed by atoms with Crippen LogP contribution in [0.4, 0.5) is 5.95 Å². The Labute approximate surface area is 119 Å². The fourth-order valence-corrected chi connectivity index (χ4v) is 2.73. The van der Waals surface area contributed by atoms with Gasteiger partial charge in [0.2, 0.25) is 5.95 Å². The molecule has 102 valence electrons. The minimum Gasteiger partial charge on any atom is -0.354 e. The topological polar surface area (TPSA) is 37.8 Å². The zero-order valence-corrected chi connectivity index (χ0v) is 12.8. The summed E-state index contributed by atoms with van der Waals surface area (Å²) in [4.78, 5) is 9.23. The van der Waals surface area contributed by atoms with Crippen molar-refractivity contribution in [1.82, 2.24) is 9.97 Å². The second kappa shape index (κ2) is 5.78. The highest BCUT2D eigenvalue weighted by Gasteiger charge is 2.16. The molecule has 1 N–H and O–H groups in total. The van der Waals surface area contributed by atoms with Crippen molar-refractivity contribution in [3.8, 4) is 0 Å². The molecule has 3 nitrogen and oxygen atoms in total. The molecule has 0 spiro atoms. The van der Waals surface area contributed by atoms with Gasteiger partial charge < -0.3 is 5.32 Å². The van der Waals surface area contributed by atoms with Crippen LogP contribution in [0.15, 0.2) is 29.3 Å². The Morgan fingerprint density at radius 3 is 2.58 bits per heavy atom. The highest BCUT2D eigenvalue weighted by atomic mass is 32.2. The van der Waals surface area contributed by atoms with Crippen molar-refractivity contribution < 1.29 is 0 Å². The lowest BCUT2D eigenvalue weighted by atomic mass is 10.2. The van der Waals surface area contributed by atoms with E-state index in [2.05, 4.69) is 49.0 Å². The Kier molecular flexibility index (Phi) is 4.30. The van der Waals surface area contributed by atoms with E-state index in [4.69, 9.17) is 0 Å². The lowest BCUT2D eigenvalue weighted by molar-refractivity contribution is 0.800. The molecule has 0 aliphatic rings. The van der Waals surface area contributed by atoms with Gasteiger partial charge in [-0.3, -0.25) is 0 Å². The van der Waals surface area contributed by atoms with E-state index in [1.165, 1.54) is 0 Å². The van der Waals surface area contributed by atoms with Crippen molar-refractivity contribution in [2.24, 2.45) is 0 Å². The summed E-state index contributed by atoms with van der Waals surface area (Å²) < 4.78 is 0.138. The number of aromatic nitrogens is 2. The first-order valence-electron chi connectivity index (χ1n) is 6.69. The van der Waals surface area contributed by atoms with Gasteiger partial charge in [0, 0.05) is 16.7 Å². The molecule has 0 saturated carbocycles. The quantitative estimate of drug-likeness (QED) is 0.665. The van der Waals surface area contributed by atoms with Crippen LogP contribution in [-0.2, 0) is 0 Å². The van der Waals surface area contributed by atoms with Crippen LogP contribution in [0.5, 0.6) is 0 Å². The average molecular weight is 275 g/mol. The van der Waals surface area contributed by atoms with Crippen LogP contribution >= 0.6 is 11.8 Å². The molecule has 0 aliphatic heterocycles. The first-order chi connectivity index (χ1) is 8.99. The van der Waals surface area contributed by atoms with E-state index in [-0.39, 0.29) is 4.75 Å². The normalized spacial score (nSPS) is 11.8. The minimum absolute atomic E-state index is 0.138. The second-order valence-corrected chi connectivity index (χ2v) is 7.33. The van der Waals surface area contributed by atoms with Crippen molar-refractivity contribution in [2.75, 3.05) is 11.9 Å². The van der Waals surface area contributed by atoms with E-state index in [9.17, 15) is 0 Å². The Hall–Kier alpha value is -1.29. The predicted molar refractivity (Wildman–Crippen MR) is 83.9 cm³/mol. The van der Waals surface area contributed by atoms with Gasteiger partial charge in [0.05, 0.1) is 5.52 Å². The van der Waals surface area contributed by atoms with E-state index in [0.717, 1.165) is 34.8 Å². The van der Waals surface area contributed by atoms with E-state index in [1.54, 1.807) is 11.8 Å². The summed E-state index contributed by atoms with van der Waals surface area (Å²) in [6.07, 6.45) is 1.07. The van der Waals surface area contributed by atoms with E-state index < -0.39 is 0 Å². The van der Waals surface area contributed by atoms with Gasteiger partial charge in [0.15, 0.2) is 0 Å². The van der Waals surface area contributed by atoms with Gasteiger partial charge in [0.25, 0.3) is 0 Å². The maximum atomic E-state index is 4.66. The van der Waals surface area contributed by atoms with Crippen LogP contribution in [0.1, 0.15) is 34.1 Å². The van der Waals surface area contributed by atoms with Crippen molar-refractivity contribution in [3.63, 3.8) is 0 Å². The van der Waals surface area contributed by atoms with Gasteiger partial charge in [-0.25, -0.2) is 9.97 Å². The first kappa shape index (κ1) is 14.1. The fraction of sp³-hybridized carbons (Fsp3) is 0.467. The van der Waals surface area contributed by atoms with Gasteiger partial charge in [-0.05, 0) is 12.5 Å². The van der Waals surface area contributed by atoms with Crippen molar-refractivity contribution >= 4 is 28.6 Å². The Morgan fingerprint density at radius 1 is 1.16 bits per heavy atom. The third-order valence-electron chi connectivity index (χ3n) is 2.50. The molecular formula is C15H21N3S. The second-order valence-electron chi connectivity index (χ2n) is 5.51. The molecule has 2 aromatic rings. The largest absolute Gasteiger partial charge is 0.354 e. The average Bonchev–Trinajstić information content (AvgIpc) is 2.34. The Morgan fingerprint density at radius 2 is 1.89 bits per heavy atom. The molecule has 0 bridgehead atoms. The number of hydrogen-bond donors (Lipinski definition) is 1. The van der Waals surface area contributed by atoms with Gasteiger partial charge in [-0.1, -0.05) is 57.7 Å². The monoisotopic (exact) mass is 275 g/mol. The van der Waals surface area contributed by atoms with E-state index >= 15 is 0 Å². The summed E-state index contributed by atoms with van der Waals surface area (Å²) in [5, 5.41) is 5.46. The molecule has 0 unspecified atom stereocenters. The van der Waals surface area contributed by atoms with Gasteiger partial charge in [-0.15, -0.1) is 0 Å². The first-order valence-corrected chi connectivity index (χ1v) is 7.51. The number of hydrogen-bond acceptors (Lipinski definition) is 4. The third-order valence-corrected chi connectivity index (χ3v) is 3.62. The molecule has 1 aromatic heterocycles. The summed E-state index contributed by atoms with van der Waals surface area (Å²) in [7, 11) is 0. The van der Waals surface area contributed by atoms with Crippen molar-refractivity contribution in [3.05, 3.63) is 24.3 Å². The number of nitrogens with one attached hydrogen (secondary N) is 1. The number of anilines is 1. The summed E-state index contributed by atoms with van der Waals surface area (Å²) in [5.41, 5.74) is 1.00. The number of para-hydroxylation sites is 1. The van der Waals surface area contributed by atoms with Crippen molar-refractivity contribution in [2.45, 2.75) is 43.9 Å². The molecule has 2 rings (SSSR count). The number of rotatable bonds is 4. The molecule has 0 amide bonds. The number of fused-ring (bicyclic) bond motifs is 1. The molecule has 4 heteroatoms. The lowest BCUT2D eigenvalue weighted by Crippen LogP contribution is -2.10. The maximum absolute atomic E-state index is 4.66. The Balaban J connectivity index is 2.45. The van der Waals surface area contributed by atoms with Gasteiger partial charge >= 0.3 is 0 Å². The summed E-state index contributed by atoms with van der Waals surface area (Å²) in [5.74, 6) is 0.729. The van der Waals surface area contributed by atoms with Gasteiger partial charge in [0.1, 0.15) is 5.03 Å². The summed E-state index contributed by atoms with van der Waals surface area (Å²) in [6.45, 7) is 9.64. The maximum Gasteiger partial charge on any atom is 0.224 e. The zero-order chi connectivity index (χ0) is 13.9. The third kappa shape index (κ3) is 3.83. The standard InChI is InChI=1S/C15H21N3S/c1-5-10-16-14-17-12-9-7-6-8-11(12)13(18-14)19-15(2,3)4/h6-9H,5,10H2,1-4H3,(H,16,17,18). The highest BCUT2D eigenvalue weighted by molar-refractivity contribution is 8.00. The summed E-state index contributed by atoms with van der Waals surface area (Å²) >= 11 is 1.79. The minimum atomic E-state index is 0.138. The van der Waals surface area contributed by atoms with Crippen LogP contribution in [0, 0.1) is 0 Å². The molecule has 0 atom stereocenters. The molecular weight excluding hydrogens is 254 g/mol. The van der Waals surface area contributed by atoms with Crippen LogP contribution in [0.2, 0.25) is 0 Å². The molecule has 0 aliphatic carbocycles. The smallest absolute Gasteiger partial charge is 0.224 e. The predicted octanol–water partition coefficient (Wildman–Crippen LogP) is 4.34. The van der Waals surface area contributed by atoms with Crippen LogP contribution in [0.3, 0.4) is 0 Å². The lowest BCUT2D eigenvalue weighted by Gasteiger charge is -2.18. The molecule has 0 radical (unpaired) electrons. The SMILES string of the molecule is CCCNc1nc(SC(C)(C)C)c2ccccc2n1. The number of thioether (sulfide) groups is 1. The molecule has 1 heterocycles. The molecule has 0 fully saturated rings. The fourth-order valence-electron chi connectivity index (χ4n) is 1.73. The number of benzene rings is 1. The van der Waals surface area contributed by atoms with Crippen LogP contribution in [-0.4, -0.2) is 21.3 Å². The van der Waals surface area contributed by atoms with Gasteiger partial charge in [-0.2, -0.15) is 0 Å². The van der Waals surface area contributed by atoms with Crippen LogP contribution in [0.25, 0.3) is 10.9 Å². The molecule has 1 aromatic carbocycles. The van der Waals surface area contributed by atoms with Crippen molar-refractivity contribution in [1.29, 1.82) is 0 Å². The van der Waals surface area contributed by atoms with E-state index in [0.29, 0.717) is 0 Å². The number of nitrogens with zero attached hydrogens (tertiary/aromatic N) is 2. The highest BCUT2D eigenvalue weighted by Crippen LogP contribution is 2.35. The molecule has 19 heavy (non-hydrogen) atoms.